The third kappa shape index (κ3) is 4.55. The van der Waals surface area contributed by atoms with Crippen LogP contribution in [-0.2, 0) is 6.54 Å². The van der Waals surface area contributed by atoms with E-state index >= 15 is 0 Å². The van der Waals surface area contributed by atoms with Gasteiger partial charge in [0.15, 0.2) is 11.5 Å². The first-order valence-corrected chi connectivity index (χ1v) is 11.3. The number of rotatable bonds is 9. The molecular weight excluding hydrogens is 420 g/mol. The average Bonchev–Trinajstić information content (AvgIpc) is 2.82. The molecule has 8 nitrogen and oxygen atoms in total. The highest BCUT2D eigenvalue weighted by molar-refractivity contribution is 5.60. The van der Waals surface area contributed by atoms with Gasteiger partial charge in [0.05, 0.1) is 45.3 Å². The van der Waals surface area contributed by atoms with Gasteiger partial charge in [-0.2, -0.15) is 5.26 Å². The van der Waals surface area contributed by atoms with Crippen LogP contribution in [0.2, 0.25) is 0 Å². The lowest BCUT2D eigenvalue weighted by Crippen LogP contribution is -3.11. The molecule has 0 saturated carbocycles. The van der Waals surface area contributed by atoms with E-state index in [9.17, 15) is 10.1 Å². The number of nitriles is 1. The molecule has 176 valence electrons. The SMILES string of the molecule is CC[NH+](CC)CCCn1c(C)cc2c(c1=O)[C@@H](c1cccc(OC)c1OC)C(C#N)=C(N)O2. The molecular formula is C25H33N4O4+. The van der Waals surface area contributed by atoms with E-state index in [0.717, 1.165) is 31.7 Å². The maximum atomic E-state index is 13.8. The lowest BCUT2D eigenvalue weighted by molar-refractivity contribution is -0.896. The van der Waals surface area contributed by atoms with Crippen molar-refractivity contribution in [3.05, 3.63) is 62.9 Å². The molecule has 0 unspecified atom stereocenters. The number of nitrogens with zero attached hydrogens (tertiary/aromatic N) is 2. The Balaban J connectivity index is 2.16. The normalized spacial score (nSPS) is 15.1. The summed E-state index contributed by atoms with van der Waals surface area (Å²) < 4.78 is 18.6. The molecule has 0 bridgehead atoms. The third-order valence-corrected chi connectivity index (χ3v) is 6.35. The lowest BCUT2D eigenvalue weighted by atomic mass is 9.83. The minimum atomic E-state index is -0.725. The minimum absolute atomic E-state index is 0.0124. The third-order valence-electron chi connectivity index (χ3n) is 6.35. The van der Waals surface area contributed by atoms with E-state index in [4.69, 9.17) is 19.9 Å². The number of fused-ring (bicyclic) bond motifs is 1. The summed E-state index contributed by atoms with van der Waals surface area (Å²) in [7, 11) is 3.08. The number of pyridine rings is 1. The maximum Gasteiger partial charge on any atom is 0.258 e. The largest absolute Gasteiger partial charge is 0.493 e. The molecule has 8 heteroatoms. The van der Waals surface area contributed by atoms with Gasteiger partial charge in [-0.1, -0.05) is 12.1 Å². The Morgan fingerprint density at radius 1 is 1.24 bits per heavy atom. The van der Waals surface area contributed by atoms with Crippen LogP contribution in [0.4, 0.5) is 0 Å². The summed E-state index contributed by atoms with van der Waals surface area (Å²) in [6.07, 6.45) is 0.869. The van der Waals surface area contributed by atoms with Gasteiger partial charge < -0.3 is 29.4 Å². The van der Waals surface area contributed by atoms with E-state index in [-0.39, 0.29) is 17.0 Å². The number of quaternary nitrogens is 1. The Morgan fingerprint density at radius 2 is 1.97 bits per heavy atom. The number of nitrogens with two attached hydrogens (primary N) is 1. The van der Waals surface area contributed by atoms with Crippen LogP contribution in [0.1, 0.15) is 43.0 Å². The molecule has 1 aromatic carbocycles. The van der Waals surface area contributed by atoms with Crippen molar-refractivity contribution in [2.24, 2.45) is 5.73 Å². The Labute approximate surface area is 194 Å². The number of methoxy groups -OCH3 is 2. The molecule has 33 heavy (non-hydrogen) atoms. The minimum Gasteiger partial charge on any atom is -0.493 e. The highest BCUT2D eigenvalue weighted by Crippen LogP contribution is 2.46. The number of nitrogens with one attached hydrogen (secondary N) is 1. The van der Waals surface area contributed by atoms with Crippen molar-refractivity contribution >= 4 is 0 Å². The molecule has 2 heterocycles. The Morgan fingerprint density at radius 3 is 2.58 bits per heavy atom. The topological polar surface area (TPSA) is 104 Å². The fraction of sp³-hybridized carbons (Fsp3) is 0.440. The van der Waals surface area contributed by atoms with Crippen LogP contribution in [0.25, 0.3) is 0 Å². The molecule has 1 aliphatic heterocycles. The summed E-state index contributed by atoms with van der Waals surface area (Å²) in [5.41, 5.74) is 7.92. The summed E-state index contributed by atoms with van der Waals surface area (Å²) in [6, 6.07) is 9.36. The van der Waals surface area contributed by atoms with Gasteiger partial charge in [-0.05, 0) is 26.8 Å². The van der Waals surface area contributed by atoms with Gasteiger partial charge in [-0.25, -0.2) is 0 Å². The molecule has 3 N–H and O–H groups in total. The van der Waals surface area contributed by atoms with Gasteiger partial charge >= 0.3 is 0 Å². The van der Waals surface area contributed by atoms with Crippen LogP contribution < -0.4 is 30.4 Å². The molecule has 0 aliphatic carbocycles. The van der Waals surface area contributed by atoms with Crippen molar-refractivity contribution in [2.75, 3.05) is 33.9 Å². The summed E-state index contributed by atoms with van der Waals surface area (Å²) in [5, 5.41) is 9.93. The quantitative estimate of drug-likeness (QED) is 0.599. The average molecular weight is 454 g/mol. The number of ether oxygens (including phenoxy) is 3. The van der Waals surface area contributed by atoms with E-state index in [2.05, 4.69) is 19.9 Å². The van der Waals surface area contributed by atoms with E-state index in [1.54, 1.807) is 23.8 Å². The number of allylic oxidation sites excluding steroid dienone is 1. The predicted octanol–water partition coefficient (Wildman–Crippen LogP) is 1.71. The second-order valence-corrected chi connectivity index (χ2v) is 8.09. The second-order valence-electron chi connectivity index (χ2n) is 8.09. The molecule has 0 radical (unpaired) electrons. The lowest BCUT2D eigenvalue weighted by Gasteiger charge is -2.28. The van der Waals surface area contributed by atoms with Gasteiger partial charge in [0.25, 0.3) is 5.56 Å². The fourth-order valence-electron chi connectivity index (χ4n) is 4.51. The van der Waals surface area contributed by atoms with Gasteiger partial charge in [-0.3, -0.25) is 4.79 Å². The van der Waals surface area contributed by atoms with Crippen LogP contribution in [0.5, 0.6) is 17.2 Å². The molecule has 1 aliphatic rings. The first-order chi connectivity index (χ1) is 15.9. The first-order valence-electron chi connectivity index (χ1n) is 11.3. The summed E-state index contributed by atoms with van der Waals surface area (Å²) in [4.78, 5) is 15.3. The number of para-hydroxylation sites is 1. The van der Waals surface area contributed by atoms with Gasteiger partial charge in [-0.15, -0.1) is 0 Å². The number of hydrogen-bond acceptors (Lipinski definition) is 6. The number of aromatic nitrogens is 1. The molecule has 0 amide bonds. The molecule has 1 aromatic heterocycles. The van der Waals surface area contributed by atoms with Crippen molar-refractivity contribution in [1.29, 1.82) is 5.26 Å². The summed E-state index contributed by atoms with van der Waals surface area (Å²) in [5.74, 6) is 0.594. The van der Waals surface area contributed by atoms with Crippen molar-refractivity contribution in [3.63, 3.8) is 0 Å². The Hall–Kier alpha value is -3.44. The first kappa shape index (κ1) is 24.2. The number of benzene rings is 1. The molecule has 0 saturated heterocycles. The maximum absolute atomic E-state index is 13.8. The van der Waals surface area contributed by atoms with Crippen LogP contribution in [0, 0.1) is 18.3 Å². The predicted molar refractivity (Wildman–Crippen MR) is 126 cm³/mol. The highest BCUT2D eigenvalue weighted by Gasteiger charge is 2.36. The van der Waals surface area contributed by atoms with Crippen LogP contribution in [0.15, 0.2) is 40.5 Å². The van der Waals surface area contributed by atoms with Gasteiger partial charge in [0.2, 0.25) is 5.88 Å². The smallest absolute Gasteiger partial charge is 0.258 e. The Kier molecular flexibility index (Phi) is 7.67. The summed E-state index contributed by atoms with van der Waals surface area (Å²) in [6.45, 7) is 9.89. The molecule has 0 fully saturated rings. The number of aryl methyl sites for hydroxylation is 1. The summed E-state index contributed by atoms with van der Waals surface area (Å²) >= 11 is 0. The number of hydrogen-bond donors (Lipinski definition) is 2. The Bertz CT molecular complexity index is 1140. The van der Waals surface area contributed by atoms with Gasteiger partial charge in [0.1, 0.15) is 17.4 Å². The standard InChI is InChI=1S/C25H32N4O4/c1-6-28(7-2)12-9-13-29-16(3)14-20-22(25(29)30)21(18(15-26)24(27)33-20)17-10-8-11-19(31-4)23(17)32-5/h8,10-11,14,21H,6-7,9,12-13,27H2,1-5H3/p+1/t21-/m0/s1. The van der Waals surface area contributed by atoms with E-state index in [1.165, 1.54) is 12.0 Å². The zero-order valence-corrected chi connectivity index (χ0v) is 20.0. The molecule has 1 atom stereocenters. The van der Waals surface area contributed by atoms with Gasteiger partial charge in [0, 0.05) is 30.3 Å². The van der Waals surface area contributed by atoms with Crippen LogP contribution >= 0.6 is 0 Å². The van der Waals surface area contributed by atoms with Crippen molar-refractivity contribution in [2.45, 2.75) is 39.7 Å². The molecule has 0 spiro atoms. The van der Waals surface area contributed by atoms with E-state index in [1.807, 2.05) is 19.1 Å². The molecule has 2 aromatic rings. The second kappa shape index (κ2) is 10.5. The fourth-order valence-corrected chi connectivity index (χ4v) is 4.51. The van der Waals surface area contributed by atoms with Crippen molar-refractivity contribution in [3.8, 4) is 23.3 Å². The van der Waals surface area contributed by atoms with Crippen molar-refractivity contribution < 1.29 is 19.1 Å². The highest BCUT2D eigenvalue weighted by atomic mass is 16.5. The zero-order valence-electron chi connectivity index (χ0n) is 20.0. The van der Waals surface area contributed by atoms with Crippen LogP contribution in [0.3, 0.4) is 0 Å². The molecule has 3 rings (SSSR count). The van der Waals surface area contributed by atoms with Crippen LogP contribution in [-0.4, -0.2) is 38.4 Å². The zero-order chi connectivity index (χ0) is 24.1. The van der Waals surface area contributed by atoms with E-state index in [0.29, 0.717) is 34.9 Å². The van der Waals surface area contributed by atoms with Crippen molar-refractivity contribution in [1.82, 2.24) is 4.57 Å². The monoisotopic (exact) mass is 453 g/mol. The van der Waals surface area contributed by atoms with E-state index < -0.39 is 5.92 Å².